The number of hydrogen-bond donors (Lipinski definition) is 0. The first-order valence-electron chi connectivity index (χ1n) is 5.15. The Bertz CT molecular complexity index is 537. The molecule has 2 aromatic rings. The zero-order valence-corrected chi connectivity index (χ0v) is 11.1. The number of hydrogen-bond acceptors (Lipinski definition) is 2. The zero-order chi connectivity index (χ0) is 12.4. The van der Waals surface area contributed by atoms with Gasteiger partial charge in [0.15, 0.2) is 0 Å². The molecule has 0 aliphatic heterocycles. The Morgan fingerprint density at radius 2 is 2.00 bits per heavy atom. The average molecular weight is 271 g/mol. The number of para-hydroxylation sites is 1. The molecular formula is C12H12Cl2N2O. The van der Waals surface area contributed by atoms with Gasteiger partial charge in [0, 0.05) is 7.05 Å². The van der Waals surface area contributed by atoms with Crippen molar-refractivity contribution < 1.29 is 4.74 Å². The van der Waals surface area contributed by atoms with E-state index in [1.807, 2.05) is 32.2 Å². The molecule has 0 bridgehead atoms. The quantitative estimate of drug-likeness (QED) is 0.852. The van der Waals surface area contributed by atoms with E-state index in [2.05, 4.69) is 5.10 Å². The van der Waals surface area contributed by atoms with Gasteiger partial charge in [-0.3, -0.25) is 4.68 Å². The number of aromatic nitrogens is 2. The third kappa shape index (κ3) is 2.56. The molecule has 90 valence electrons. The highest BCUT2D eigenvalue weighted by molar-refractivity contribution is 6.32. The van der Waals surface area contributed by atoms with Gasteiger partial charge in [0.2, 0.25) is 0 Å². The summed E-state index contributed by atoms with van der Waals surface area (Å²) in [4.78, 5) is 0. The van der Waals surface area contributed by atoms with Crippen LogP contribution < -0.4 is 4.74 Å². The lowest BCUT2D eigenvalue weighted by Gasteiger charge is -2.08. The first-order valence-corrected chi connectivity index (χ1v) is 5.90. The van der Waals surface area contributed by atoms with Gasteiger partial charge in [-0.1, -0.05) is 35.3 Å². The maximum atomic E-state index is 6.12. The molecule has 0 saturated heterocycles. The Hall–Kier alpha value is -1.19. The Balaban J connectivity index is 2.15. The maximum Gasteiger partial charge on any atom is 0.138 e. The fourth-order valence-corrected chi connectivity index (χ4v) is 1.95. The Labute approximate surface area is 110 Å². The van der Waals surface area contributed by atoms with Crippen LogP contribution in [0.4, 0.5) is 0 Å². The van der Waals surface area contributed by atoms with E-state index in [1.165, 1.54) is 0 Å². The number of nitrogens with zero attached hydrogens (tertiary/aromatic N) is 2. The number of halogens is 2. The van der Waals surface area contributed by atoms with Crippen molar-refractivity contribution in [2.24, 2.45) is 7.05 Å². The van der Waals surface area contributed by atoms with Crippen LogP contribution in [0, 0.1) is 6.92 Å². The molecule has 0 unspecified atom stereocenters. The van der Waals surface area contributed by atoms with Crippen molar-refractivity contribution >= 4 is 23.2 Å². The molecule has 1 aromatic heterocycles. The normalized spacial score (nSPS) is 10.6. The van der Waals surface area contributed by atoms with E-state index in [1.54, 1.807) is 10.7 Å². The molecule has 0 saturated carbocycles. The molecule has 3 nitrogen and oxygen atoms in total. The van der Waals surface area contributed by atoms with Crippen LogP contribution in [-0.4, -0.2) is 9.78 Å². The summed E-state index contributed by atoms with van der Waals surface area (Å²) >= 11 is 12.1. The molecule has 0 aliphatic rings. The number of benzene rings is 1. The van der Waals surface area contributed by atoms with Crippen molar-refractivity contribution in [3.8, 4) is 5.75 Å². The number of aryl methyl sites for hydroxylation is 2. The van der Waals surface area contributed by atoms with Crippen LogP contribution in [0.25, 0.3) is 0 Å². The SMILES string of the molecule is Cc1nn(C)c(COc2ccccc2Cl)c1Cl. The lowest BCUT2D eigenvalue weighted by molar-refractivity contribution is 0.295. The second-order valence-corrected chi connectivity index (χ2v) is 4.47. The van der Waals surface area contributed by atoms with Crippen LogP contribution in [-0.2, 0) is 13.7 Å². The van der Waals surface area contributed by atoms with Gasteiger partial charge in [-0.05, 0) is 19.1 Å². The Kier molecular flexibility index (Phi) is 3.60. The van der Waals surface area contributed by atoms with Gasteiger partial charge in [-0.2, -0.15) is 5.10 Å². The first kappa shape index (κ1) is 12.3. The molecule has 0 atom stereocenters. The average Bonchev–Trinajstić information content (AvgIpc) is 2.53. The molecule has 1 heterocycles. The van der Waals surface area contributed by atoms with Gasteiger partial charge in [-0.15, -0.1) is 0 Å². The van der Waals surface area contributed by atoms with E-state index in [4.69, 9.17) is 27.9 Å². The second kappa shape index (κ2) is 4.98. The molecular weight excluding hydrogens is 259 g/mol. The molecule has 0 N–H and O–H groups in total. The van der Waals surface area contributed by atoms with Crippen LogP contribution >= 0.6 is 23.2 Å². The summed E-state index contributed by atoms with van der Waals surface area (Å²) in [6.07, 6.45) is 0. The third-order valence-electron chi connectivity index (χ3n) is 2.46. The fourth-order valence-electron chi connectivity index (χ4n) is 1.54. The van der Waals surface area contributed by atoms with E-state index in [0.29, 0.717) is 22.4 Å². The number of rotatable bonds is 3. The lowest BCUT2D eigenvalue weighted by Crippen LogP contribution is -2.03. The molecule has 0 amide bonds. The Morgan fingerprint density at radius 1 is 1.29 bits per heavy atom. The smallest absolute Gasteiger partial charge is 0.138 e. The van der Waals surface area contributed by atoms with E-state index < -0.39 is 0 Å². The number of ether oxygens (including phenoxy) is 1. The maximum absolute atomic E-state index is 6.12. The molecule has 0 spiro atoms. The van der Waals surface area contributed by atoms with E-state index in [-0.39, 0.29) is 0 Å². The summed E-state index contributed by atoms with van der Waals surface area (Å²) < 4.78 is 7.34. The summed E-state index contributed by atoms with van der Waals surface area (Å²) in [6, 6.07) is 7.33. The van der Waals surface area contributed by atoms with Gasteiger partial charge >= 0.3 is 0 Å². The van der Waals surface area contributed by atoms with E-state index in [9.17, 15) is 0 Å². The summed E-state index contributed by atoms with van der Waals surface area (Å²) in [5.41, 5.74) is 1.64. The summed E-state index contributed by atoms with van der Waals surface area (Å²) in [5.74, 6) is 0.643. The van der Waals surface area contributed by atoms with Gasteiger partial charge in [-0.25, -0.2) is 0 Å². The summed E-state index contributed by atoms with van der Waals surface area (Å²) in [7, 11) is 1.84. The van der Waals surface area contributed by atoms with Crippen LogP contribution in [0.15, 0.2) is 24.3 Å². The molecule has 0 fully saturated rings. The first-order chi connectivity index (χ1) is 8.09. The lowest BCUT2D eigenvalue weighted by atomic mass is 10.3. The van der Waals surface area contributed by atoms with Crippen molar-refractivity contribution in [1.82, 2.24) is 9.78 Å². The van der Waals surface area contributed by atoms with Crippen LogP contribution in [0.3, 0.4) is 0 Å². The molecule has 17 heavy (non-hydrogen) atoms. The fraction of sp³-hybridized carbons (Fsp3) is 0.250. The molecule has 1 aromatic carbocycles. The van der Waals surface area contributed by atoms with Gasteiger partial charge in [0.1, 0.15) is 12.4 Å². The predicted octanol–water partition coefficient (Wildman–Crippen LogP) is 3.61. The zero-order valence-electron chi connectivity index (χ0n) is 9.58. The minimum Gasteiger partial charge on any atom is -0.486 e. The third-order valence-corrected chi connectivity index (χ3v) is 3.27. The van der Waals surface area contributed by atoms with E-state index >= 15 is 0 Å². The highest BCUT2D eigenvalue weighted by Crippen LogP contribution is 2.26. The van der Waals surface area contributed by atoms with Crippen molar-refractivity contribution in [1.29, 1.82) is 0 Å². The predicted molar refractivity (Wildman–Crippen MR) is 68.7 cm³/mol. The summed E-state index contributed by atoms with van der Waals surface area (Å²) in [5, 5.41) is 5.44. The van der Waals surface area contributed by atoms with Crippen molar-refractivity contribution in [3.63, 3.8) is 0 Å². The second-order valence-electron chi connectivity index (χ2n) is 3.69. The highest BCUT2D eigenvalue weighted by Gasteiger charge is 2.12. The standard InChI is InChI=1S/C12H12Cl2N2O/c1-8-12(14)10(16(2)15-8)7-17-11-6-4-3-5-9(11)13/h3-6H,7H2,1-2H3. The highest BCUT2D eigenvalue weighted by atomic mass is 35.5. The van der Waals surface area contributed by atoms with Gasteiger partial charge in [0.05, 0.1) is 21.4 Å². The van der Waals surface area contributed by atoms with Crippen molar-refractivity contribution in [2.75, 3.05) is 0 Å². The molecule has 0 aliphatic carbocycles. The minimum atomic E-state index is 0.347. The topological polar surface area (TPSA) is 27.1 Å². The van der Waals surface area contributed by atoms with Crippen molar-refractivity contribution in [2.45, 2.75) is 13.5 Å². The monoisotopic (exact) mass is 270 g/mol. The van der Waals surface area contributed by atoms with E-state index in [0.717, 1.165) is 11.4 Å². The van der Waals surface area contributed by atoms with Crippen LogP contribution in [0.2, 0.25) is 10.0 Å². The molecule has 0 radical (unpaired) electrons. The minimum absolute atomic E-state index is 0.347. The van der Waals surface area contributed by atoms with Crippen LogP contribution in [0.5, 0.6) is 5.75 Å². The Morgan fingerprint density at radius 3 is 2.59 bits per heavy atom. The summed E-state index contributed by atoms with van der Waals surface area (Å²) in [6.45, 7) is 2.21. The van der Waals surface area contributed by atoms with Gasteiger partial charge < -0.3 is 4.74 Å². The van der Waals surface area contributed by atoms with Gasteiger partial charge in [0.25, 0.3) is 0 Å². The van der Waals surface area contributed by atoms with Crippen molar-refractivity contribution in [3.05, 3.63) is 45.7 Å². The largest absolute Gasteiger partial charge is 0.486 e. The molecule has 2 rings (SSSR count). The molecule has 5 heteroatoms. The van der Waals surface area contributed by atoms with Crippen LogP contribution in [0.1, 0.15) is 11.4 Å².